The number of aliphatic imine (C=N–C) groups is 1. The molecule has 27 heavy (non-hydrogen) atoms. The molecule has 0 aromatic carbocycles. The van der Waals surface area contributed by atoms with Gasteiger partial charge in [0.25, 0.3) is 0 Å². The van der Waals surface area contributed by atoms with E-state index in [0.29, 0.717) is 19.0 Å². The lowest BCUT2D eigenvalue weighted by Gasteiger charge is -2.26. The lowest BCUT2D eigenvalue weighted by molar-refractivity contribution is 0.392. The first-order chi connectivity index (χ1) is 13.0. The molecule has 1 atom stereocenters. The lowest BCUT2D eigenvalue weighted by atomic mass is 10.1. The molecule has 0 saturated carbocycles. The van der Waals surface area contributed by atoms with Crippen LogP contribution < -0.4 is 10.6 Å². The summed E-state index contributed by atoms with van der Waals surface area (Å²) in [5, 5.41) is 11.0. The van der Waals surface area contributed by atoms with E-state index in [-0.39, 0.29) is 18.3 Å². The van der Waals surface area contributed by atoms with Gasteiger partial charge in [0.1, 0.15) is 11.6 Å². The van der Waals surface area contributed by atoms with Gasteiger partial charge in [-0.15, -0.1) is 0 Å². The van der Waals surface area contributed by atoms with Gasteiger partial charge in [0, 0.05) is 43.6 Å². The van der Waals surface area contributed by atoms with Crippen LogP contribution in [0.2, 0.25) is 0 Å². The fraction of sp³-hybridized carbons (Fsp3) is 0.812. The second kappa shape index (κ2) is 9.24. The average molecular weight is 416 g/mol. The third-order valence-electron chi connectivity index (χ3n) is 4.63. The zero-order valence-electron chi connectivity index (χ0n) is 16.0. The number of fused-ring (bicyclic) bond motifs is 1. The van der Waals surface area contributed by atoms with E-state index in [1.807, 2.05) is 18.5 Å². The first kappa shape index (κ1) is 20.4. The van der Waals surface area contributed by atoms with Gasteiger partial charge in [0.15, 0.2) is 5.96 Å². The number of nitrogens with one attached hydrogen (secondary N) is 2. The Labute approximate surface area is 165 Å². The van der Waals surface area contributed by atoms with E-state index in [1.165, 1.54) is 0 Å². The topological polar surface area (TPSA) is 105 Å². The van der Waals surface area contributed by atoms with Gasteiger partial charge < -0.3 is 10.6 Å². The average Bonchev–Trinajstić information content (AvgIpc) is 3.02. The predicted octanol–water partition coefficient (Wildman–Crippen LogP) is -0.165. The van der Waals surface area contributed by atoms with E-state index >= 15 is 0 Å². The summed E-state index contributed by atoms with van der Waals surface area (Å²) in [6.45, 7) is 6.84. The van der Waals surface area contributed by atoms with Crippen LogP contribution in [0.1, 0.15) is 25.0 Å². The largest absolute Gasteiger partial charge is 0.357 e. The molecule has 1 saturated heterocycles. The molecule has 2 N–H and O–H groups in total. The number of sulfonamides is 1. The molecule has 1 aromatic heterocycles. The molecule has 1 fully saturated rings. The van der Waals surface area contributed by atoms with Gasteiger partial charge in [-0.05, 0) is 20.3 Å². The maximum Gasteiger partial charge on any atom is 0.215 e. The zero-order chi connectivity index (χ0) is 19.3. The number of thioether (sulfide) groups is 1. The number of rotatable bonds is 6. The first-order valence-electron chi connectivity index (χ1n) is 9.48. The molecule has 152 valence electrons. The van der Waals surface area contributed by atoms with E-state index in [2.05, 4.69) is 25.7 Å². The SMILES string of the molecule is CCNC(=NCCS(=O)(=O)N1CCSCC1)NC1CCc2nc(C)nn2C1. The van der Waals surface area contributed by atoms with Crippen LogP contribution >= 0.6 is 11.8 Å². The highest BCUT2D eigenvalue weighted by Crippen LogP contribution is 2.14. The van der Waals surface area contributed by atoms with Crippen LogP contribution in [0.25, 0.3) is 0 Å². The smallest absolute Gasteiger partial charge is 0.215 e. The van der Waals surface area contributed by atoms with Crippen LogP contribution in [-0.2, 0) is 23.0 Å². The van der Waals surface area contributed by atoms with Gasteiger partial charge in [-0.1, -0.05) is 0 Å². The molecule has 11 heteroatoms. The Bertz CT molecular complexity index is 757. The minimum atomic E-state index is -3.23. The van der Waals surface area contributed by atoms with E-state index < -0.39 is 10.0 Å². The summed E-state index contributed by atoms with van der Waals surface area (Å²) in [7, 11) is -3.23. The molecule has 2 aliphatic rings. The summed E-state index contributed by atoms with van der Waals surface area (Å²) < 4.78 is 28.4. The lowest BCUT2D eigenvalue weighted by Crippen LogP contribution is -2.47. The number of aromatic nitrogens is 3. The minimum absolute atomic E-state index is 0.0470. The van der Waals surface area contributed by atoms with Crippen molar-refractivity contribution in [3.8, 4) is 0 Å². The highest BCUT2D eigenvalue weighted by molar-refractivity contribution is 7.99. The van der Waals surface area contributed by atoms with Crippen LogP contribution in [0.4, 0.5) is 0 Å². The minimum Gasteiger partial charge on any atom is -0.357 e. The molecule has 0 amide bonds. The molecule has 0 radical (unpaired) electrons. The Kier molecular flexibility index (Phi) is 6.99. The molecule has 1 unspecified atom stereocenters. The first-order valence-corrected chi connectivity index (χ1v) is 12.2. The summed E-state index contributed by atoms with van der Waals surface area (Å²) in [4.78, 5) is 8.91. The Balaban J connectivity index is 1.55. The molecular weight excluding hydrogens is 386 g/mol. The van der Waals surface area contributed by atoms with Crippen molar-refractivity contribution in [3.05, 3.63) is 11.6 Å². The van der Waals surface area contributed by atoms with Crippen LogP contribution in [0.3, 0.4) is 0 Å². The zero-order valence-corrected chi connectivity index (χ0v) is 17.7. The van der Waals surface area contributed by atoms with Gasteiger partial charge in [0.2, 0.25) is 10.0 Å². The van der Waals surface area contributed by atoms with Crippen molar-refractivity contribution in [2.45, 2.75) is 39.3 Å². The third kappa shape index (κ3) is 5.58. The highest BCUT2D eigenvalue weighted by atomic mass is 32.2. The van der Waals surface area contributed by atoms with Crippen LogP contribution in [0.5, 0.6) is 0 Å². The summed E-state index contributed by atoms with van der Waals surface area (Å²) in [6.07, 6.45) is 1.82. The van der Waals surface area contributed by atoms with Crippen molar-refractivity contribution in [1.29, 1.82) is 0 Å². The summed E-state index contributed by atoms with van der Waals surface area (Å²) in [5.41, 5.74) is 0. The van der Waals surface area contributed by atoms with Crippen LogP contribution in [0.15, 0.2) is 4.99 Å². The predicted molar refractivity (Wildman–Crippen MR) is 109 cm³/mol. The molecule has 3 heterocycles. The fourth-order valence-electron chi connectivity index (χ4n) is 3.29. The highest BCUT2D eigenvalue weighted by Gasteiger charge is 2.24. The molecule has 0 bridgehead atoms. The molecule has 0 aliphatic carbocycles. The standard InChI is InChI=1S/C16H29N7O2S2/c1-3-17-16(18-6-11-27(24,25)22-7-9-26-10-8-22)20-14-4-5-15-19-13(2)21-23(15)12-14/h14H,3-12H2,1-2H3,(H2,17,18,20). The Morgan fingerprint density at radius 2 is 2.15 bits per heavy atom. The van der Waals surface area contributed by atoms with Crippen LogP contribution in [0, 0.1) is 6.92 Å². The number of hydrogen-bond acceptors (Lipinski definition) is 6. The molecule has 1 aromatic rings. The molecule has 3 rings (SSSR count). The van der Waals surface area contributed by atoms with Gasteiger partial charge in [-0.2, -0.15) is 16.9 Å². The fourth-order valence-corrected chi connectivity index (χ4v) is 5.75. The van der Waals surface area contributed by atoms with Gasteiger partial charge >= 0.3 is 0 Å². The monoisotopic (exact) mass is 415 g/mol. The van der Waals surface area contributed by atoms with Crippen LogP contribution in [-0.4, -0.2) is 82.9 Å². The molecular formula is C16H29N7O2S2. The molecule has 9 nitrogen and oxygen atoms in total. The van der Waals surface area contributed by atoms with Gasteiger partial charge in [-0.3, -0.25) is 4.99 Å². The van der Waals surface area contributed by atoms with Crippen molar-refractivity contribution in [2.75, 3.05) is 43.4 Å². The van der Waals surface area contributed by atoms with Gasteiger partial charge in [-0.25, -0.2) is 22.4 Å². The molecule has 2 aliphatic heterocycles. The molecule has 0 spiro atoms. The van der Waals surface area contributed by atoms with E-state index in [9.17, 15) is 8.42 Å². The number of hydrogen-bond donors (Lipinski definition) is 2. The van der Waals surface area contributed by atoms with Crippen molar-refractivity contribution >= 4 is 27.7 Å². The normalized spacial score (nSPS) is 21.7. The maximum absolute atomic E-state index is 12.4. The van der Waals surface area contributed by atoms with E-state index in [4.69, 9.17) is 0 Å². The van der Waals surface area contributed by atoms with E-state index in [0.717, 1.165) is 49.1 Å². The van der Waals surface area contributed by atoms with Crippen molar-refractivity contribution < 1.29 is 8.42 Å². The van der Waals surface area contributed by atoms with E-state index in [1.54, 1.807) is 16.1 Å². The third-order valence-corrected chi connectivity index (χ3v) is 7.42. The summed E-state index contributed by atoms with van der Waals surface area (Å²) in [5.74, 6) is 4.28. The van der Waals surface area contributed by atoms with Crippen molar-refractivity contribution in [2.24, 2.45) is 4.99 Å². The van der Waals surface area contributed by atoms with Gasteiger partial charge in [0.05, 0.1) is 18.8 Å². The van der Waals surface area contributed by atoms with Crippen molar-refractivity contribution in [1.82, 2.24) is 29.7 Å². The Hall–Kier alpha value is -1.33. The number of guanidine groups is 1. The Morgan fingerprint density at radius 3 is 2.89 bits per heavy atom. The second-order valence-corrected chi connectivity index (χ2v) is 10.0. The second-order valence-electron chi connectivity index (χ2n) is 6.73. The van der Waals surface area contributed by atoms with Crippen molar-refractivity contribution in [3.63, 3.8) is 0 Å². The summed E-state index contributed by atoms with van der Waals surface area (Å²) in [6, 6.07) is 0.201. The quantitative estimate of drug-likeness (QED) is 0.491. The Morgan fingerprint density at radius 1 is 1.37 bits per heavy atom. The number of nitrogens with zero attached hydrogens (tertiary/aromatic N) is 5. The maximum atomic E-state index is 12.4. The summed E-state index contributed by atoms with van der Waals surface area (Å²) >= 11 is 1.80. The number of aryl methyl sites for hydroxylation is 2.